The van der Waals surface area contributed by atoms with Crippen LogP contribution in [0.5, 0.6) is 0 Å². The van der Waals surface area contributed by atoms with Gasteiger partial charge >= 0.3 is 5.97 Å². The van der Waals surface area contributed by atoms with Crippen molar-refractivity contribution in [2.75, 3.05) is 0 Å². The quantitative estimate of drug-likeness (QED) is 0.847. The van der Waals surface area contributed by atoms with Crippen LogP contribution in [-0.2, 0) is 4.79 Å². The van der Waals surface area contributed by atoms with Crippen LogP contribution in [0.2, 0.25) is 0 Å². The highest BCUT2D eigenvalue weighted by molar-refractivity contribution is 5.97. The van der Waals surface area contributed by atoms with E-state index in [0.717, 1.165) is 18.2 Å². The smallest absolute Gasteiger partial charge is 0.326 e. The highest BCUT2D eigenvalue weighted by atomic mass is 19.1. The minimum absolute atomic E-state index is 0.192. The van der Waals surface area contributed by atoms with Gasteiger partial charge in [-0.25, -0.2) is 13.6 Å². The predicted molar refractivity (Wildman–Crippen MR) is 60.2 cm³/mol. The molecule has 1 rings (SSSR count). The van der Waals surface area contributed by atoms with Crippen LogP contribution in [0.1, 0.15) is 30.1 Å². The van der Waals surface area contributed by atoms with Crippen molar-refractivity contribution in [2.45, 2.75) is 25.8 Å². The second-order valence-electron chi connectivity index (χ2n) is 3.75. The molecule has 0 fully saturated rings. The summed E-state index contributed by atoms with van der Waals surface area (Å²) in [4.78, 5) is 22.4. The van der Waals surface area contributed by atoms with Gasteiger partial charge in [0.25, 0.3) is 5.91 Å². The fourth-order valence-corrected chi connectivity index (χ4v) is 1.49. The Kier molecular flexibility index (Phi) is 4.76. The molecule has 1 amide bonds. The maximum Gasteiger partial charge on any atom is 0.326 e. The second kappa shape index (κ2) is 6.09. The third-order valence-corrected chi connectivity index (χ3v) is 2.37. The second-order valence-corrected chi connectivity index (χ2v) is 3.75. The zero-order valence-corrected chi connectivity index (χ0v) is 9.74. The molecule has 0 spiro atoms. The molecule has 4 nitrogen and oxygen atoms in total. The van der Waals surface area contributed by atoms with E-state index in [2.05, 4.69) is 5.32 Å². The SMILES string of the molecule is CCC[C@H](NC(=O)c1c(F)cccc1F)C(=O)O. The zero-order chi connectivity index (χ0) is 13.7. The number of hydrogen-bond donors (Lipinski definition) is 2. The van der Waals surface area contributed by atoms with E-state index in [1.54, 1.807) is 6.92 Å². The van der Waals surface area contributed by atoms with Crippen LogP contribution in [0.15, 0.2) is 18.2 Å². The molecule has 0 unspecified atom stereocenters. The summed E-state index contributed by atoms with van der Waals surface area (Å²) in [6, 6.07) is 1.85. The van der Waals surface area contributed by atoms with E-state index in [4.69, 9.17) is 5.11 Å². The molecule has 0 aliphatic rings. The molecule has 1 aromatic carbocycles. The zero-order valence-electron chi connectivity index (χ0n) is 9.74. The summed E-state index contributed by atoms with van der Waals surface area (Å²) in [5, 5.41) is 10.9. The molecule has 0 saturated heterocycles. The average molecular weight is 257 g/mol. The Hall–Kier alpha value is -1.98. The Morgan fingerprint density at radius 2 is 1.89 bits per heavy atom. The lowest BCUT2D eigenvalue weighted by molar-refractivity contribution is -0.139. The topological polar surface area (TPSA) is 66.4 Å². The highest BCUT2D eigenvalue weighted by Gasteiger charge is 2.23. The molecule has 98 valence electrons. The van der Waals surface area contributed by atoms with Crippen LogP contribution < -0.4 is 5.32 Å². The number of aliphatic carboxylic acids is 1. The fourth-order valence-electron chi connectivity index (χ4n) is 1.49. The van der Waals surface area contributed by atoms with E-state index in [1.165, 1.54) is 0 Å². The maximum absolute atomic E-state index is 13.3. The van der Waals surface area contributed by atoms with Crippen molar-refractivity contribution in [3.63, 3.8) is 0 Å². The molecule has 1 atom stereocenters. The molecule has 0 aliphatic carbocycles. The third-order valence-electron chi connectivity index (χ3n) is 2.37. The third kappa shape index (κ3) is 3.26. The van der Waals surface area contributed by atoms with E-state index in [9.17, 15) is 18.4 Å². The number of carboxylic acid groups (broad SMARTS) is 1. The molecule has 0 bridgehead atoms. The Morgan fingerprint density at radius 1 is 1.33 bits per heavy atom. The van der Waals surface area contributed by atoms with Crippen molar-refractivity contribution in [2.24, 2.45) is 0 Å². The van der Waals surface area contributed by atoms with Crippen LogP contribution >= 0.6 is 0 Å². The van der Waals surface area contributed by atoms with Crippen molar-refractivity contribution in [3.05, 3.63) is 35.4 Å². The standard InChI is InChI=1S/C12H13F2NO3/c1-2-4-9(12(17)18)15-11(16)10-7(13)5-3-6-8(10)14/h3,5-6,9H,2,4H2,1H3,(H,15,16)(H,17,18)/t9-/m0/s1. The van der Waals surface area contributed by atoms with Gasteiger partial charge in [0.05, 0.1) is 0 Å². The van der Waals surface area contributed by atoms with Crippen molar-refractivity contribution in [1.29, 1.82) is 0 Å². The molecule has 1 aromatic rings. The van der Waals surface area contributed by atoms with E-state index in [0.29, 0.717) is 6.42 Å². The maximum atomic E-state index is 13.3. The number of halogens is 2. The van der Waals surface area contributed by atoms with E-state index < -0.39 is 35.1 Å². The van der Waals surface area contributed by atoms with Gasteiger partial charge in [-0.15, -0.1) is 0 Å². The molecule has 2 N–H and O–H groups in total. The number of carbonyl (C=O) groups excluding carboxylic acids is 1. The van der Waals surface area contributed by atoms with Gasteiger partial charge < -0.3 is 10.4 Å². The van der Waals surface area contributed by atoms with E-state index in [-0.39, 0.29) is 6.42 Å². The first-order valence-electron chi connectivity index (χ1n) is 5.45. The lowest BCUT2D eigenvalue weighted by Gasteiger charge is -2.14. The number of nitrogens with one attached hydrogen (secondary N) is 1. The van der Waals surface area contributed by atoms with Gasteiger partial charge in [0.1, 0.15) is 23.2 Å². The molecule has 0 aromatic heterocycles. The Labute approximate surface area is 103 Å². The number of amides is 1. The normalized spacial score (nSPS) is 11.9. The Morgan fingerprint density at radius 3 is 2.33 bits per heavy atom. The minimum atomic E-state index is -1.23. The lowest BCUT2D eigenvalue weighted by atomic mass is 10.1. The predicted octanol–water partition coefficient (Wildman–Crippen LogP) is 1.95. The number of hydrogen-bond acceptors (Lipinski definition) is 2. The number of rotatable bonds is 5. The first kappa shape index (κ1) is 14.1. The van der Waals surface area contributed by atoms with Crippen molar-refractivity contribution in [1.82, 2.24) is 5.32 Å². The van der Waals surface area contributed by atoms with Gasteiger partial charge in [-0.05, 0) is 18.6 Å². The lowest BCUT2D eigenvalue weighted by Crippen LogP contribution is -2.41. The van der Waals surface area contributed by atoms with Crippen molar-refractivity contribution in [3.8, 4) is 0 Å². The van der Waals surface area contributed by atoms with Gasteiger partial charge in [0, 0.05) is 0 Å². The van der Waals surface area contributed by atoms with Gasteiger partial charge in [0.2, 0.25) is 0 Å². The molecule has 0 aliphatic heterocycles. The summed E-state index contributed by atoms with van der Waals surface area (Å²) < 4.78 is 26.6. The van der Waals surface area contributed by atoms with Crippen LogP contribution in [0.25, 0.3) is 0 Å². The molecular formula is C12H13F2NO3. The van der Waals surface area contributed by atoms with Crippen molar-refractivity contribution >= 4 is 11.9 Å². The number of benzene rings is 1. The van der Waals surface area contributed by atoms with Gasteiger partial charge in [-0.3, -0.25) is 4.79 Å². The number of carboxylic acids is 1. The first-order valence-corrected chi connectivity index (χ1v) is 5.45. The highest BCUT2D eigenvalue weighted by Crippen LogP contribution is 2.12. The number of carbonyl (C=O) groups is 2. The summed E-state index contributed by atoms with van der Waals surface area (Å²) in [5.41, 5.74) is -0.764. The van der Waals surface area contributed by atoms with Gasteiger partial charge in [-0.2, -0.15) is 0 Å². The summed E-state index contributed by atoms with van der Waals surface area (Å²) in [5.74, 6) is -4.34. The largest absolute Gasteiger partial charge is 0.480 e. The molecule has 18 heavy (non-hydrogen) atoms. The minimum Gasteiger partial charge on any atom is -0.480 e. The summed E-state index contributed by atoms with van der Waals surface area (Å²) in [6.07, 6.45) is 0.716. The summed E-state index contributed by atoms with van der Waals surface area (Å²) in [7, 11) is 0. The van der Waals surface area contributed by atoms with E-state index in [1.807, 2.05) is 0 Å². The fraction of sp³-hybridized carbons (Fsp3) is 0.333. The average Bonchev–Trinajstić information content (AvgIpc) is 2.28. The van der Waals surface area contributed by atoms with E-state index >= 15 is 0 Å². The van der Waals surface area contributed by atoms with Gasteiger partial charge in [0.15, 0.2) is 0 Å². The van der Waals surface area contributed by atoms with Crippen LogP contribution in [0.3, 0.4) is 0 Å². The first-order chi connectivity index (χ1) is 8.47. The molecule has 0 heterocycles. The van der Waals surface area contributed by atoms with Crippen LogP contribution in [0, 0.1) is 11.6 Å². The Bertz CT molecular complexity index is 442. The molecule has 0 saturated carbocycles. The van der Waals surface area contributed by atoms with Crippen LogP contribution in [-0.4, -0.2) is 23.0 Å². The summed E-state index contributed by atoms with van der Waals surface area (Å²) in [6.45, 7) is 1.74. The van der Waals surface area contributed by atoms with Crippen molar-refractivity contribution < 1.29 is 23.5 Å². The molecule has 0 radical (unpaired) electrons. The van der Waals surface area contributed by atoms with Gasteiger partial charge in [-0.1, -0.05) is 19.4 Å². The Balaban J connectivity index is 2.90. The monoisotopic (exact) mass is 257 g/mol. The molecule has 6 heteroatoms. The van der Waals surface area contributed by atoms with Crippen LogP contribution in [0.4, 0.5) is 8.78 Å². The molecular weight excluding hydrogens is 244 g/mol. The summed E-state index contributed by atoms with van der Waals surface area (Å²) >= 11 is 0.